The number of nitrogens with two attached hydrogens (primary N) is 1. The largest absolute Gasteiger partial charge is 0.379 e. The zero-order valence-electron chi connectivity index (χ0n) is 16.4. The lowest BCUT2D eigenvalue weighted by Crippen LogP contribution is -2.53. The molecule has 2 atom stereocenters. The summed E-state index contributed by atoms with van der Waals surface area (Å²) in [5, 5.41) is 0. The number of rotatable bonds is 8. The van der Waals surface area contributed by atoms with Gasteiger partial charge in [-0.15, -0.1) is 0 Å². The van der Waals surface area contributed by atoms with Crippen LogP contribution in [-0.2, 0) is 4.79 Å². The lowest BCUT2D eigenvalue weighted by atomic mass is 9.97. The van der Waals surface area contributed by atoms with Crippen LogP contribution in [0.3, 0.4) is 0 Å². The molecule has 1 fully saturated rings. The zero-order chi connectivity index (χ0) is 19.1. The van der Waals surface area contributed by atoms with E-state index in [1.807, 2.05) is 31.0 Å². The highest BCUT2D eigenvalue weighted by atomic mass is 16.2. The van der Waals surface area contributed by atoms with Crippen molar-refractivity contribution in [1.29, 1.82) is 0 Å². The average molecular weight is 360 g/mol. The number of hydrogen-bond donors (Lipinski definition) is 1. The molecule has 1 saturated heterocycles. The minimum atomic E-state index is -0.410. The number of allylic oxidation sites excluding steroid dienone is 1. The highest BCUT2D eigenvalue weighted by Gasteiger charge is 2.26. The first kappa shape index (κ1) is 20.2. The summed E-state index contributed by atoms with van der Waals surface area (Å²) in [4.78, 5) is 23.1. The van der Waals surface area contributed by atoms with Crippen molar-refractivity contribution in [2.75, 3.05) is 44.7 Å². The summed E-state index contributed by atoms with van der Waals surface area (Å²) in [6, 6.07) is 3.60. The molecular formula is C20H33N5O. The van der Waals surface area contributed by atoms with E-state index in [4.69, 9.17) is 5.73 Å². The predicted molar refractivity (Wildman–Crippen MR) is 107 cm³/mol. The third-order valence-corrected chi connectivity index (χ3v) is 5.20. The van der Waals surface area contributed by atoms with Gasteiger partial charge in [-0.2, -0.15) is 0 Å². The Bertz CT molecular complexity index is 583. The van der Waals surface area contributed by atoms with Crippen LogP contribution in [0.4, 0.5) is 5.69 Å². The Morgan fingerprint density at radius 2 is 1.92 bits per heavy atom. The third-order valence-electron chi connectivity index (χ3n) is 5.20. The summed E-state index contributed by atoms with van der Waals surface area (Å²) in [6.45, 7) is 12.2. The normalized spacial score (nSPS) is 16.9. The van der Waals surface area contributed by atoms with Crippen molar-refractivity contribution in [3.8, 4) is 0 Å². The molecule has 1 aromatic heterocycles. The summed E-state index contributed by atoms with van der Waals surface area (Å²) in [5.41, 5.74) is 8.44. The van der Waals surface area contributed by atoms with Crippen molar-refractivity contribution in [2.24, 2.45) is 11.7 Å². The Morgan fingerprint density at radius 3 is 2.50 bits per heavy atom. The van der Waals surface area contributed by atoms with Crippen molar-refractivity contribution in [2.45, 2.75) is 32.7 Å². The Morgan fingerprint density at radius 1 is 1.31 bits per heavy atom. The molecule has 2 heterocycles. The molecule has 0 aliphatic carbocycles. The Balaban J connectivity index is 1.75. The number of nitrogens with zero attached hydrogens (tertiary/aromatic N) is 4. The van der Waals surface area contributed by atoms with Gasteiger partial charge in [0.2, 0.25) is 5.91 Å². The quantitative estimate of drug-likeness (QED) is 0.768. The first-order valence-corrected chi connectivity index (χ1v) is 9.44. The maximum atomic E-state index is 12.7. The van der Waals surface area contributed by atoms with Crippen LogP contribution in [0, 0.1) is 5.92 Å². The number of pyridine rings is 1. The van der Waals surface area contributed by atoms with Crippen molar-refractivity contribution in [3.63, 3.8) is 0 Å². The number of hydrogen-bond acceptors (Lipinski definition) is 5. The average Bonchev–Trinajstić information content (AvgIpc) is 2.66. The summed E-state index contributed by atoms with van der Waals surface area (Å²) in [6.07, 6.45) is 5.35. The molecule has 1 aromatic rings. The summed E-state index contributed by atoms with van der Waals surface area (Å²) in [5.74, 6) is 0.494. The molecule has 0 bridgehead atoms. The lowest BCUT2D eigenvalue weighted by Gasteiger charge is -2.37. The van der Waals surface area contributed by atoms with E-state index in [1.54, 1.807) is 12.4 Å². The summed E-state index contributed by atoms with van der Waals surface area (Å²) in [7, 11) is 2.04. The Hall–Kier alpha value is -2.08. The van der Waals surface area contributed by atoms with Gasteiger partial charge in [-0.05, 0) is 37.8 Å². The van der Waals surface area contributed by atoms with E-state index in [0.29, 0.717) is 5.92 Å². The van der Waals surface area contributed by atoms with Crippen molar-refractivity contribution >= 4 is 11.6 Å². The molecule has 6 nitrogen and oxygen atoms in total. The second-order valence-corrected chi connectivity index (χ2v) is 7.41. The number of anilines is 1. The molecule has 2 N–H and O–H groups in total. The van der Waals surface area contributed by atoms with Gasteiger partial charge in [0.15, 0.2) is 0 Å². The summed E-state index contributed by atoms with van der Waals surface area (Å²) >= 11 is 0. The molecule has 0 spiro atoms. The SMILES string of the molecule is C=C(C)N(C)CCC(C)CC(N)C(=O)N1CCN(c2ccncc2)CC1. The second kappa shape index (κ2) is 9.57. The zero-order valence-corrected chi connectivity index (χ0v) is 16.4. The van der Waals surface area contributed by atoms with E-state index in [9.17, 15) is 4.79 Å². The molecule has 1 aliphatic rings. The number of piperazine rings is 1. The van der Waals surface area contributed by atoms with Gasteiger partial charge in [0.1, 0.15) is 0 Å². The highest BCUT2D eigenvalue weighted by molar-refractivity contribution is 5.82. The maximum Gasteiger partial charge on any atom is 0.239 e. The molecule has 0 aromatic carbocycles. The molecule has 1 aliphatic heterocycles. The fraction of sp³-hybridized carbons (Fsp3) is 0.600. The molecule has 0 radical (unpaired) electrons. The number of aromatic nitrogens is 1. The van der Waals surface area contributed by atoms with E-state index in [1.165, 1.54) is 0 Å². The van der Waals surface area contributed by atoms with Gasteiger partial charge in [0.05, 0.1) is 6.04 Å². The van der Waals surface area contributed by atoms with Gasteiger partial charge >= 0.3 is 0 Å². The van der Waals surface area contributed by atoms with Crippen LogP contribution in [-0.4, -0.2) is 66.5 Å². The fourth-order valence-electron chi connectivity index (χ4n) is 3.23. The molecule has 26 heavy (non-hydrogen) atoms. The molecule has 1 amide bonds. The predicted octanol–water partition coefficient (Wildman–Crippen LogP) is 1.94. The lowest BCUT2D eigenvalue weighted by molar-refractivity contribution is -0.133. The van der Waals surface area contributed by atoms with Gasteiger partial charge in [-0.1, -0.05) is 13.5 Å². The monoisotopic (exact) mass is 359 g/mol. The molecule has 2 rings (SSSR count). The highest BCUT2D eigenvalue weighted by Crippen LogP contribution is 2.17. The van der Waals surface area contributed by atoms with Crippen LogP contribution in [0.25, 0.3) is 0 Å². The Labute approximate surface area is 157 Å². The minimum absolute atomic E-state index is 0.0829. The van der Waals surface area contributed by atoms with E-state index in [0.717, 1.165) is 56.9 Å². The van der Waals surface area contributed by atoms with E-state index in [-0.39, 0.29) is 5.91 Å². The summed E-state index contributed by atoms with van der Waals surface area (Å²) < 4.78 is 0. The van der Waals surface area contributed by atoms with Crippen LogP contribution >= 0.6 is 0 Å². The van der Waals surface area contributed by atoms with E-state index >= 15 is 0 Å². The number of carbonyl (C=O) groups is 1. The van der Waals surface area contributed by atoms with Gasteiger partial charge in [-0.3, -0.25) is 9.78 Å². The van der Waals surface area contributed by atoms with Crippen molar-refractivity contribution in [1.82, 2.24) is 14.8 Å². The third kappa shape index (κ3) is 5.73. The molecular weight excluding hydrogens is 326 g/mol. The first-order chi connectivity index (χ1) is 12.4. The standard InChI is InChI=1S/C20H33N5O/c1-16(2)23(4)10-7-17(3)15-19(21)20(26)25-13-11-24(12-14-25)18-5-8-22-9-6-18/h5-6,8-9,17,19H,1,7,10-15,21H2,2-4H3. The van der Waals surface area contributed by atoms with Gasteiger partial charge < -0.3 is 20.4 Å². The topological polar surface area (TPSA) is 65.7 Å². The minimum Gasteiger partial charge on any atom is -0.379 e. The van der Waals surface area contributed by atoms with Crippen LogP contribution in [0.1, 0.15) is 26.7 Å². The van der Waals surface area contributed by atoms with Crippen molar-refractivity contribution in [3.05, 3.63) is 36.8 Å². The van der Waals surface area contributed by atoms with Crippen LogP contribution in [0.2, 0.25) is 0 Å². The maximum absolute atomic E-state index is 12.7. The molecule has 0 saturated carbocycles. The van der Waals surface area contributed by atoms with Crippen LogP contribution in [0.5, 0.6) is 0 Å². The number of carbonyl (C=O) groups excluding carboxylic acids is 1. The fourth-order valence-corrected chi connectivity index (χ4v) is 3.23. The smallest absolute Gasteiger partial charge is 0.239 e. The van der Waals surface area contributed by atoms with E-state index < -0.39 is 6.04 Å². The van der Waals surface area contributed by atoms with E-state index in [2.05, 4.69) is 28.3 Å². The molecule has 2 unspecified atom stereocenters. The molecule has 6 heteroatoms. The first-order valence-electron chi connectivity index (χ1n) is 9.44. The van der Waals surface area contributed by atoms with Crippen LogP contribution in [0.15, 0.2) is 36.8 Å². The van der Waals surface area contributed by atoms with Gasteiger partial charge in [0, 0.05) is 63.5 Å². The number of amides is 1. The van der Waals surface area contributed by atoms with Gasteiger partial charge in [0.25, 0.3) is 0 Å². The molecule has 144 valence electrons. The van der Waals surface area contributed by atoms with Crippen LogP contribution < -0.4 is 10.6 Å². The van der Waals surface area contributed by atoms with Crippen molar-refractivity contribution < 1.29 is 4.79 Å². The van der Waals surface area contributed by atoms with Gasteiger partial charge in [-0.25, -0.2) is 0 Å². The second-order valence-electron chi connectivity index (χ2n) is 7.41. The Kier molecular flexibility index (Phi) is 7.45.